The average molecular weight is 474 g/mol. The first-order valence-corrected chi connectivity index (χ1v) is 11.9. The van der Waals surface area contributed by atoms with Gasteiger partial charge in [0.15, 0.2) is 5.88 Å². The summed E-state index contributed by atoms with van der Waals surface area (Å²) in [5.41, 5.74) is 2.76. The zero-order valence-electron chi connectivity index (χ0n) is 21.4. The summed E-state index contributed by atoms with van der Waals surface area (Å²) in [5, 5.41) is 32.7. The lowest BCUT2D eigenvalue weighted by Gasteiger charge is -2.25. The third-order valence-electron chi connectivity index (χ3n) is 6.39. The maximum Gasteiger partial charge on any atom is 0.198 e. The molecule has 2 unspecified atom stereocenters. The summed E-state index contributed by atoms with van der Waals surface area (Å²) < 4.78 is 5.71. The zero-order chi connectivity index (χ0) is 25.8. The molecular weight excluding hydrogens is 438 g/mol. The lowest BCUT2D eigenvalue weighted by Crippen LogP contribution is -2.34. The van der Waals surface area contributed by atoms with E-state index in [1.165, 1.54) is 11.6 Å². The Morgan fingerprint density at radius 3 is 2.71 bits per heavy atom. The number of amidine groups is 1. The minimum atomic E-state index is -0.737. The number of hydrogen-bond acceptors (Lipinski definition) is 5. The van der Waals surface area contributed by atoms with Crippen molar-refractivity contribution in [3.05, 3.63) is 57.7 Å². The lowest BCUT2D eigenvalue weighted by molar-refractivity contribution is 0.404. The van der Waals surface area contributed by atoms with Crippen LogP contribution in [0.15, 0.2) is 35.5 Å². The summed E-state index contributed by atoms with van der Waals surface area (Å²) in [6.45, 7) is 9.58. The van der Waals surface area contributed by atoms with Gasteiger partial charge in [-0.05, 0) is 57.2 Å². The molecule has 0 spiro atoms. The number of nitrogens with one attached hydrogen (secondary N) is 3. The summed E-state index contributed by atoms with van der Waals surface area (Å²) in [6, 6.07) is 8.48. The Morgan fingerprint density at radius 2 is 2.09 bits per heavy atom. The van der Waals surface area contributed by atoms with E-state index >= 15 is 0 Å². The van der Waals surface area contributed by atoms with Crippen LogP contribution < -0.4 is 20.6 Å². The van der Waals surface area contributed by atoms with E-state index in [-0.39, 0.29) is 23.6 Å². The Kier molecular flexibility index (Phi) is 7.85. The van der Waals surface area contributed by atoms with Gasteiger partial charge in [0.2, 0.25) is 0 Å². The molecule has 7 nitrogen and oxygen atoms in total. The first-order chi connectivity index (χ1) is 16.6. The highest BCUT2D eigenvalue weighted by atomic mass is 16.5. The second kappa shape index (κ2) is 10.6. The normalized spacial score (nSPS) is 17.8. The molecule has 35 heavy (non-hydrogen) atoms. The van der Waals surface area contributed by atoms with Crippen LogP contribution in [0.5, 0.6) is 11.6 Å². The van der Waals surface area contributed by atoms with E-state index in [2.05, 4.69) is 59.5 Å². The molecule has 0 aliphatic heterocycles. The van der Waals surface area contributed by atoms with Gasteiger partial charge in [-0.2, -0.15) is 5.26 Å². The van der Waals surface area contributed by atoms with Crippen LogP contribution in [-0.4, -0.2) is 34.3 Å². The third-order valence-corrected chi connectivity index (χ3v) is 6.39. The molecule has 1 heterocycles. The smallest absolute Gasteiger partial charge is 0.198 e. The number of aromatic hydroxyl groups is 1. The summed E-state index contributed by atoms with van der Waals surface area (Å²) in [6.07, 6.45) is 9.27. The van der Waals surface area contributed by atoms with Crippen LogP contribution in [0.2, 0.25) is 0 Å². The van der Waals surface area contributed by atoms with Crippen LogP contribution in [0.25, 0.3) is 12.2 Å². The largest absolute Gasteiger partial charge is 0.496 e. The summed E-state index contributed by atoms with van der Waals surface area (Å²) in [4.78, 5) is 7.48. The van der Waals surface area contributed by atoms with Gasteiger partial charge in [-0.3, -0.25) is 5.41 Å². The molecule has 1 aliphatic carbocycles. The van der Waals surface area contributed by atoms with Gasteiger partial charge in [0, 0.05) is 28.2 Å². The van der Waals surface area contributed by atoms with Gasteiger partial charge < -0.3 is 20.1 Å². The van der Waals surface area contributed by atoms with Crippen LogP contribution in [-0.2, 0) is 6.42 Å². The van der Waals surface area contributed by atoms with Crippen molar-refractivity contribution in [2.24, 2.45) is 10.9 Å². The molecular formula is C28H35N5O2. The van der Waals surface area contributed by atoms with Crippen molar-refractivity contribution in [2.45, 2.75) is 58.9 Å². The number of methoxy groups -OCH3 is 1. The Hall–Kier alpha value is -3.79. The highest BCUT2D eigenvalue weighted by Crippen LogP contribution is 2.37. The molecule has 0 saturated carbocycles. The van der Waals surface area contributed by atoms with Gasteiger partial charge >= 0.3 is 0 Å². The van der Waals surface area contributed by atoms with Crippen molar-refractivity contribution in [2.75, 3.05) is 7.11 Å². The van der Waals surface area contributed by atoms with Crippen molar-refractivity contribution in [1.82, 2.24) is 10.3 Å². The van der Waals surface area contributed by atoms with Gasteiger partial charge in [0.25, 0.3) is 0 Å². The molecule has 4 N–H and O–H groups in total. The van der Waals surface area contributed by atoms with Crippen molar-refractivity contribution in [1.29, 1.82) is 10.7 Å². The molecule has 0 amide bonds. The molecule has 2 aromatic rings. The second-order valence-corrected chi connectivity index (χ2v) is 9.33. The molecule has 7 heteroatoms. The number of H-pyrrole nitrogens is 1. The van der Waals surface area contributed by atoms with Crippen LogP contribution in [0.1, 0.15) is 63.6 Å². The van der Waals surface area contributed by atoms with E-state index in [9.17, 15) is 5.11 Å². The molecule has 0 bridgehead atoms. The molecule has 0 radical (unpaired) electrons. The lowest BCUT2D eigenvalue weighted by atomic mass is 9.80. The Bertz CT molecular complexity index is 1320. The molecule has 3 rings (SSSR count). The molecule has 0 fully saturated rings. The van der Waals surface area contributed by atoms with Gasteiger partial charge in [0.1, 0.15) is 17.1 Å². The maximum atomic E-state index is 10.8. The fraction of sp³-hybridized carbons (Fsp3) is 0.393. The number of benzene rings is 1. The van der Waals surface area contributed by atoms with Crippen LogP contribution in [0.3, 0.4) is 0 Å². The Morgan fingerprint density at radius 1 is 1.34 bits per heavy atom. The number of hydrogen-bond donors (Lipinski definition) is 4. The standard InChI is InChI=1S/C28H35N5O2/c1-7-18-9-10-24(35-6)21(13-18)20-15-22-23(14-19(20)8-2)33-27(34)26(22)17(3)32-25(30)11-12-31-28(4,5)16-29/h9-15,19-20,30-31,33-34H,7-8H2,1-6H3/b12-11-,30-25?,32-17?. The predicted octanol–water partition coefficient (Wildman–Crippen LogP) is 3.87. The number of aromatic nitrogens is 1. The first-order valence-electron chi connectivity index (χ1n) is 11.9. The number of aliphatic imine (C=N–C) groups is 1. The number of nitrogens with zero attached hydrogens (tertiary/aromatic N) is 2. The highest BCUT2D eigenvalue weighted by molar-refractivity contribution is 6.09. The quantitative estimate of drug-likeness (QED) is 0.344. The highest BCUT2D eigenvalue weighted by Gasteiger charge is 2.26. The van der Waals surface area contributed by atoms with Crippen molar-refractivity contribution >= 4 is 23.7 Å². The number of aryl methyl sites for hydroxylation is 1. The van der Waals surface area contributed by atoms with E-state index in [1.54, 1.807) is 34.1 Å². The van der Waals surface area contributed by atoms with E-state index in [4.69, 9.17) is 15.4 Å². The molecule has 184 valence electrons. The van der Waals surface area contributed by atoms with Gasteiger partial charge in [-0.25, -0.2) is 4.99 Å². The molecule has 2 atom stereocenters. The fourth-order valence-electron chi connectivity index (χ4n) is 4.40. The average Bonchev–Trinajstić information content (AvgIpc) is 3.17. The summed E-state index contributed by atoms with van der Waals surface area (Å²) in [7, 11) is 1.69. The molecule has 1 aromatic heterocycles. The number of nitriles is 1. The van der Waals surface area contributed by atoms with E-state index in [0.29, 0.717) is 11.3 Å². The topological polar surface area (TPSA) is 117 Å². The van der Waals surface area contributed by atoms with Crippen LogP contribution in [0, 0.1) is 22.7 Å². The van der Waals surface area contributed by atoms with Gasteiger partial charge in [-0.1, -0.05) is 38.1 Å². The zero-order valence-corrected chi connectivity index (χ0v) is 21.4. The number of fused-ring (bicyclic) bond motifs is 1. The number of rotatable bonds is 8. The molecule has 1 aliphatic rings. The van der Waals surface area contributed by atoms with Gasteiger partial charge in [0.05, 0.1) is 24.5 Å². The van der Waals surface area contributed by atoms with Crippen LogP contribution >= 0.6 is 0 Å². The van der Waals surface area contributed by atoms with Crippen molar-refractivity contribution < 1.29 is 9.84 Å². The van der Waals surface area contributed by atoms with E-state index in [1.807, 2.05) is 6.07 Å². The Labute approximate surface area is 207 Å². The Balaban J connectivity index is 2.05. The fourth-order valence-corrected chi connectivity index (χ4v) is 4.40. The maximum absolute atomic E-state index is 10.8. The molecule has 1 aromatic carbocycles. The predicted molar refractivity (Wildman–Crippen MR) is 141 cm³/mol. The van der Waals surface area contributed by atoms with Crippen molar-refractivity contribution in [3.63, 3.8) is 0 Å². The SMILES string of the molecule is CCc1ccc(OC)c(C2C=c3c(C(C)=NC(=N)/C=C\NC(C)(C)C#N)c(O)[nH]c3=CC2CC)c1. The second-order valence-electron chi connectivity index (χ2n) is 9.33. The van der Waals surface area contributed by atoms with E-state index in [0.717, 1.165) is 34.7 Å². The minimum Gasteiger partial charge on any atom is -0.496 e. The summed E-state index contributed by atoms with van der Waals surface area (Å²) in [5.74, 6) is 1.22. The molecule has 0 saturated heterocycles. The number of ether oxygens (including phenoxy) is 1. The van der Waals surface area contributed by atoms with Crippen molar-refractivity contribution in [3.8, 4) is 17.7 Å². The van der Waals surface area contributed by atoms with Gasteiger partial charge in [-0.15, -0.1) is 0 Å². The number of aromatic amines is 1. The summed E-state index contributed by atoms with van der Waals surface area (Å²) >= 11 is 0. The minimum absolute atomic E-state index is 0.0122. The first kappa shape index (κ1) is 25.8. The van der Waals surface area contributed by atoms with Crippen LogP contribution in [0.4, 0.5) is 0 Å². The monoisotopic (exact) mass is 473 g/mol. The third kappa shape index (κ3) is 5.65. The van der Waals surface area contributed by atoms with E-state index < -0.39 is 5.54 Å².